The molecule has 144 valence electrons. The van der Waals surface area contributed by atoms with Crippen LogP contribution in [0.15, 0.2) is 54.6 Å². The first kappa shape index (κ1) is 20.9. The van der Waals surface area contributed by atoms with Gasteiger partial charge in [-0.15, -0.1) is 12.4 Å². The predicted octanol–water partition coefficient (Wildman–Crippen LogP) is 1.20. The van der Waals surface area contributed by atoms with Crippen LogP contribution in [0.2, 0.25) is 0 Å². The molecule has 0 radical (unpaired) electrons. The van der Waals surface area contributed by atoms with Crippen molar-refractivity contribution in [1.29, 1.82) is 0 Å². The van der Waals surface area contributed by atoms with Gasteiger partial charge in [0.25, 0.3) is 0 Å². The molecule has 7 heteroatoms. The molecule has 2 aromatic carbocycles. The maximum atomic E-state index is 12.3. The van der Waals surface area contributed by atoms with Crippen LogP contribution in [0.1, 0.15) is 12.0 Å². The molecule has 27 heavy (non-hydrogen) atoms. The van der Waals surface area contributed by atoms with Gasteiger partial charge in [-0.25, -0.2) is 0 Å². The maximum absolute atomic E-state index is 12.3. The zero-order chi connectivity index (χ0) is 18.4. The third-order valence-corrected chi connectivity index (χ3v) is 4.53. The summed E-state index contributed by atoms with van der Waals surface area (Å²) < 4.78 is 0. The second-order valence-electron chi connectivity index (χ2n) is 6.45. The van der Waals surface area contributed by atoms with E-state index in [-0.39, 0.29) is 42.8 Å². The lowest BCUT2D eigenvalue weighted by molar-refractivity contribution is -0.123. The number of benzene rings is 2. The highest BCUT2D eigenvalue weighted by Crippen LogP contribution is 2.19. The topological polar surface area (TPSA) is 96.2 Å². The van der Waals surface area contributed by atoms with E-state index in [4.69, 9.17) is 5.73 Å². The molecule has 0 bridgehead atoms. The number of hydrogen-bond donors (Lipinski definition) is 4. The first-order valence-electron chi connectivity index (χ1n) is 8.80. The molecule has 6 nitrogen and oxygen atoms in total. The summed E-state index contributed by atoms with van der Waals surface area (Å²) in [7, 11) is 0. The molecule has 1 fully saturated rings. The molecule has 5 N–H and O–H groups in total. The average molecular weight is 389 g/mol. The van der Waals surface area contributed by atoms with Gasteiger partial charge >= 0.3 is 0 Å². The zero-order valence-electron chi connectivity index (χ0n) is 15.0. The summed E-state index contributed by atoms with van der Waals surface area (Å²) in [4.78, 5) is 23.6. The van der Waals surface area contributed by atoms with Gasteiger partial charge in [-0.3, -0.25) is 9.59 Å². The number of nitrogens with two attached hydrogens (primary N) is 1. The van der Waals surface area contributed by atoms with Gasteiger partial charge < -0.3 is 21.7 Å². The SMILES string of the molecule is Cl.NCC(=O)NC1CN[C@H](C(=O)NCc2ccc(-c3ccccc3)cc2)C1. The normalized spacial score (nSPS) is 18.4. The minimum Gasteiger partial charge on any atom is -0.351 e. The minimum absolute atomic E-state index is 0. The lowest BCUT2D eigenvalue weighted by Crippen LogP contribution is -2.40. The molecule has 1 unspecified atom stereocenters. The second kappa shape index (κ2) is 10.1. The van der Waals surface area contributed by atoms with E-state index in [0.717, 1.165) is 11.1 Å². The van der Waals surface area contributed by atoms with E-state index >= 15 is 0 Å². The summed E-state index contributed by atoms with van der Waals surface area (Å²) in [5, 5.41) is 8.89. The molecule has 0 aliphatic carbocycles. The molecular formula is C20H25ClN4O2. The van der Waals surface area contributed by atoms with Gasteiger partial charge in [0, 0.05) is 19.1 Å². The Morgan fingerprint density at radius 1 is 1.04 bits per heavy atom. The van der Waals surface area contributed by atoms with Gasteiger partial charge in [-0.1, -0.05) is 54.6 Å². The third-order valence-electron chi connectivity index (χ3n) is 4.53. The lowest BCUT2D eigenvalue weighted by Gasteiger charge is -2.12. The van der Waals surface area contributed by atoms with E-state index in [1.165, 1.54) is 5.56 Å². The molecule has 2 amide bonds. The Morgan fingerprint density at radius 2 is 1.70 bits per heavy atom. The third kappa shape index (κ3) is 5.79. The quantitative estimate of drug-likeness (QED) is 0.597. The van der Waals surface area contributed by atoms with Crippen LogP contribution < -0.4 is 21.7 Å². The van der Waals surface area contributed by atoms with Gasteiger partial charge in [0.2, 0.25) is 11.8 Å². The van der Waals surface area contributed by atoms with Crippen molar-refractivity contribution in [2.45, 2.75) is 25.0 Å². The van der Waals surface area contributed by atoms with Crippen molar-refractivity contribution < 1.29 is 9.59 Å². The Morgan fingerprint density at radius 3 is 2.37 bits per heavy atom. The van der Waals surface area contributed by atoms with Crippen LogP contribution in [-0.2, 0) is 16.1 Å². The van der Waals surface area contributed by atoms with Crippen LogP contribution in [0.5, 0.6) is 0 Å². The van der Waals surface area contributed by atoms with Crippen molar-refractivity contribution in [3.8, 4) is 11.1 Å². The van der Waals surface area contributed by atoms with E-state index in [1.54, 1.807) is 0 Å². The number of rotatable bonds is 6. The van der Waals surface area contributed by atoms with Gasteiger partial charge in [-0.05, 0) is 23.1 Å². The van der Waals surface area contributed by atoms with Gasteiger partial charge in [0.05, 0.1) is 12.6 Å². The van der Waals surface area contributed by atoms with E-state index in [0.29, 0.717) is 19.5 Å². The number of carbonyl (C=O) groups excluding carboxylic acids is 2. The molecule has 0 aromatic heterocycles. The van der Waals surface area contributed by atoms with Gasteiger partial charge in [-0.2, -0.15) is 0 Å². The number of amides is 2. The van der Waals surface area contributed by atoms with Crippen molar-refractivity contribution in [2.75, 3.05) is 13.1 Å². The largest absolute Gasteiger partial charge is 0.351 e. The Bertz CT molecular complexity index is 752. The molecule has 0 saturated carbocycles. The summed E-state index contributed by atoms with van der Waals surface area (Å²) in [6.45, 7) is 1.02. The van der Waals surface area contributed by atoms with E-state index in [9.17, 15) is 9.59 Å². The Balaban J connectivity index is 0.00000261. The Kier molecular flexibility index (Phi) is 7.79. The van der Waals surface area contributed by atoms with E-state index in [1.807, 2.05) is 30.3 Å². The molecule has 0 spiro atoms. The molecule has 1 saturated heterocycles. The van der Waals surface area contributed by atoms with Crippen molar-refractivity contribution in [3.63, 3.8) is 0 Å². The summed E-state index contributed by atoms with van der Waals surface area (Å²) in [6, 6.07) is 18.0. The van der Waals surface area contributed by atoms with Crippen LogP contribution in [0.25, 0.3) is 11.1 Å². The highest BCUT2D eigenvalue weighted by molar-refractivity contribution is 5.85. The predicted molar refractivity (Wildman–Crippen MR) is 108 cm³/mol. The van der Waals surface area contributed by atoms with E-state index < -0.39 is 0 Å². The molecule has 2 aromatic rings. The lowest BCUT2D eigenvalue weighted by atomic mass is 10.0. The Hall–Kier alpha value is -2.41. The molecule has 2 atom stereocenters. The second-order valence-corrected chi connectivity index (χ2v) is 6.45. The van der Waals surface area contributed by atoms with Gasteiger partial charge in [0.1, 0.15) is 0 Å². The van der Waals surface area contributed by atoms with Crippen LogP contribution in [-0.4, -0.2) is 37.0 Å². The minimum atomic E-state index is -0.290. The first-order chi connectivity index (χ1) is 12.7. The standard InChI is InChI=1S/C20H24N4O2.ClH/c21-11-19(25)24-17-10-18(22-13-17)20(26)23-12-14-6-8-16(9-7-14)15-4-2-1-3-5-15;/h1-9,17-18,22H,10-13,21H2,(H,23,26)(H,24,25);1H/t17?,18-;/m0./s1. The maximum Gasteiger partial charge on any atom is 0.237 e. The fraction of sp³-hybridized carbons (Fsp3) is 0.300. The van der Waals surface area contributed by atoms with Crippen molar-refractivity contribution in [3.05, 3.63) is 60.2 Å². The molecule has 1 aliphatic rings. The highest BCUT2D eigenvalue weighted by atomic mass is 35.5. The van der Waals surface area contributed by atoms with Crippen LogP contribution in [0, 0.1) is 0 Å². The summed E-state index contributed by atoms with van der Waals surface area (Å²) >= 11 is 0. The summed E-state index contributed by atoms with van der Waals surface area (Å²) in [5.41, 5.74) is 8.66. The van der Waals surface area contributed by atoms with Crippen LogP contribution in [0.3, 0.4) is 0 Å². The van der Waals surface area contributed by atoms with Gasteiger partial charge in [0.15, 0.2) is 0 Å². The fourth-order valence-corrected chi connectivity index (χ4v) is 3.09. The molecule has 1 heterocycles. The van der Waals surface area contributed by atoms with Crippen molar-refractivity contribution in [2.24, 2.45) is 5.73 Å². The molecule has 3 rings (SSSR count). The summed E-state index contributed by atoms with van der Waals surface area (Å²) in [6.07, 6.45) is 0.574. The van der Waals surface area contributed by atoms with Crippen LogP contribution in [0.4, 0.5) is 0 Å². The van der Waals surface area contributed by atoms with E-state index in [2.05, 4.69) is 40.2 Å². The molecule has 1 aliphatic heterocycles. The molecular weight excluding hydrogens is 364 g/mol. The monoisotopic (exact) mass is 388 g/mol. The van der Waals surface area contributed by atoms with Crippen molar-refractivity contribution in [1.82, 2.24) is 16.0 Å². The van der Waals surface area contributed by atoms with Crippen LogP contribution >= 0.6 is 12.4 Å². The number of nitrogens with one attached hydrogen (secondary N) is 3. The fourth-order valence-electron chi connectivity index (χ4n) is 3.09. The number of halogens is 1. The smallest absolute Gasteiger partial charge is 0.237 e. The summed E-state index contributed by atoms with van der Waals surface area (Å²) in [5.74, 6) is -0.252. The first-order valence-corrected chi connectivity index (χ1v) is 8.80. The Labute approximate surface area is 165 Å². The zero-order valence-corrected chi connectivity index (χ0v) is 15.8. The average Bonchev–Trinajstić information content (AvgIpc) is 3.15. The number of carbonyl (C=O) groups is 2. The van der Waals surface area contributed by atoms with Crippen molar-refractivity contribution >= 4 is 24.2 Å². The number of hydrogen-bond acceptors (Lipinski definition) is 4. The highest BCUT2D eigenvalue weighted by Gasteiger charge is 2.29.